The first kappa shape index (κ1) is 28.1. The van der Waals surface area contributed by atoms with Gasteiger partial charge in [0, 0.05) is 11.0 Å². The Balaban J connectivity index is 1.62. The van der Waals surface area contributed by atoms with Crippen molar-refractivity contribution in [1.82, 2.24) is 4.57 Å². The van der Waals surface area contributed by atoms with Crippen molar-refractivity contribution >= 4 is 40.8 Å². The van der Waals surface area contributed by atoms with Crippen molar-refractivity contribution in [2.45, 2.75) is 24.8 Å². The minimum absolute atomic E-state index is 0.0564. The second-order valence-corrected chi connectivity index (χ2v) is 10.8. The average Bonchev–Trinajstić information content (AvgIpc) is 3.56. The van der Waals surface area contributed by atoms with Crippen molar-refractivity contribution < 1.29 is 28.8 Å². The van der Waals surface area contributed by atoms with Gasteiger partial charge in [0.2, 0.25) is 0 Å². The van der Waals surface area contributed by atoms with E-state index in [0.717, 1.165) is 10.5 Å². The van der Waals surface area contributed by atoms with Gasteiger partial charge in [-0.3, -0.25) is 9.36 Å². The molecule has 5 rings (SSSR count). The summed E-state index contributed by atoms with van der Waals surface area (Å²) in [4.78, 5) is 44.5. The zero-order valence-electron chi connectivity index (χ0n) is 22.6. The predicted octanol–water partition coefficient (Wildman–Crippen LogP) is 4.59. The Morgan fingerprint density at radius 1 is 1.22 bits per heavy atom. The lowest BCUT2D eigenvalue weighted by Gasteiger charge is -2.24. The number of rotatable bonds is 8. The largest absolute Gasteiger partial charge is 0.496 e. The van der Waals surface area contributed by atoms with E-state index < -0.39 is 12.0 Å². The normalized spacial score (nSPS) is 14.9. The first-order valence-electron chi connectivity index (χ1n) is 12.5. The monoisotopic (exact) mass is 592 g/mol. The number of furan rings is 1. The minimum Gasteiger partial charge on any atom is -0.496 e. The number of methoxy groups -OCH3 is 1. The Hall–Kier alpha value is -4.42. The molecule has 0 bridgehead atoms. The van der Waals surface area contributed by atoms with E-state index in [0.29, 0.717) is 43.4 Å². The number of benzene rings is 2. The van der Waals surface area contributed by atoms with Gasteiger partial charge in [0.1, 0.15) is 17.3 Å². The highest BCUT2D eigenvalue weighted by Gasteiger charge is 2.33. The number of thiazole rings is 1. The Morgan fingerprint density at radius 3 is 2.63 bits per heavy atom. The molecular formula is C29H26N3O7S2+. The smallest absolute Gasteiger partial charge is 0.338 e. The van der Waals surface area contributed by atoms with Crippen LogP contribution in [0.15, 0.2) is 85.0 Å². The van der Waals surface area contributed by atoms with Gasteiger partial charge in [0.25, 0.3) is 10.5 Å². The molecule has 2 aromatic carbocycles. The van der Waals surface area contributed by atoms with Crippen molar-refractivity contribution in [1.29, 1.82) is 0 Å². The molecule has 4 aromatic rings. The fourth-order valence-electron chi connectivity index (χ4n) is 4.60. The van der Waals surface area contributed by atoms with Gasteiger partial charge in [0.05, 0.1) is 52.1 Å². The maximum Gasteiger partial charge on any atom is 0.338 e. The summed E-state index contributed by atoms with van der Waals surface area (Å²) in [6.07, 6.45) is 3.56. The summed E-state index contributed by atoms with van der Waals surface area (Å²) in [6.45, 7) is 3.65. The summed E-state index contributed by atoms with van der Waals surface area (Å²) >= 11 is 2.77. The van der Waals surface area contributed by atoms with Crippen LogP contribution in [0.5, 0.6) is 5.75 Å². The molecule has 0 aliphatic carbocycles. The fourth-order valence-corrected chi connectivity index (χ4v) is 6.04. The van der Waals surface area contributed by atoms with Crippen LogP contribution in [0.1, 0.15) is 31.2 Å². The van der Waals surface area contributed by atoms with Gasteiger partial charge in [0.15, 0.2) is 4.80 Å². The van der Waals surface area contributed by atoms with Crippen LogP contribution in [0.3, 0.4) is 0 Å². The molecule has 2 aromatic heterocycles. The van der Waals surface area contributed by atoms with E-state index in [1.54, 1.807) is 56.0 Å². The topological polar surface area (TPSA) is 123 Å². The van der Waals surface area contributed by atoms with E-state index in [4.69, 9.17) is 13.9 Å². The summed E-state index contributed by atoms with van der Waals surface area (Å²) in [5.74, 6) is 0.527. The second-order valence-electron chi connectivity index (χ2n) is 8.93. The van der Waals surface area contributed by atoms with Gasteiger partial charge >= 0.3 is 11.7 Å². The van der Waals surface area contributed by atoms with Gasteiger partial charge in [-0.1, -0.05) is 23.5 Å². The Bertz CT molecular complexity index is 1870. The summed E-state index contributed by atoms with van der Waals surface area (Å²) in [5, 5.41) is 9.60. The van der Waals surface area contributed by atoms with Gasteiger partial charge in [-0.05, 0) is 62.1 Å². The molecule has 1 N–H and O–H groups in total. The first-order chi connectivity index (χ1) is 19.7. The molecule has 0 spiro atoms. The number of fused-ring (bicyclic) bond motifs is 1. The van der Waals surface area contributed by atoms with Crippen molar-refractivity contribution in [2.24, 2.45) is 4.99 Å². The van der Waals surface area contributed by atoms with E-state index in [2.05, 4.69) is 4.99 Å². The molecule has 1 aliphatic heterocycles. The van der Waals surface area contributed by atoms with Crippen LogP contribution >= 0.6 is 23.1 Å². The lowest BCUT2D eigenvalue weighted by Crippen LogP contribution is -2.39. The summed E-state index contributed by atoms with van der Waals surface area (Å²) in [7, 11) is 1.45. The van der Waals surface area contributed by atoms with Gasteiger partial charge < -0.3 is 13.9 Å². The molecule has 3 heterocycles. The van der Waals surface area contributed by atoms with E-state index in [-0.39, 0.29) is 22.8 Å². The van der Waals surface area contributed by atoms with Crippen LogP contribution in [0.2, 0.25) is 0 Å². The molecule has 0 amide bonds. The number of allylic oxidation sites excluding steroid dienone is 1. The molecule has 1 unspecified atom stereocenters. The molecule has 0 saturated carbocycles. The first-order valence-corrected chi connectivity index (χ1v) is 14.6. The molecule has 10 nitrogen and oxygen atoms in total. The summed E-state index contributed by atoms with van der Waals surface area (Å²) in [5.41, 5.74) is 1.49. The lowest BCUT2D eigenvalue weighted by molar-refractivity contribution is -0.729. The molecule has 1 atom stereocenters. The number of ether oxygens (including phenoxy) is 2. The van der Waals surface area contributed by atoms with Gasteiger partial charge in [-0.25, -0.2) is 15.0 Å². The molecular weight excluding hydrogens is 566 g/mol. The van der Waals surface area contributed by atoms with Crippen LogP contribution in [0, 0.1) is 4.91 Å². The van der Waals surface area contributed by atoms with E-state index in [9.17, 15) is 19.7 Å². The number of hydrogen-bond donors (Lipinski definition) is 1. The maximum atomic E-state index is 13.8. The Morgan fingerprint density at radius 2 is 1.98 bits per heavy atom. The van der Waals surface area contributed by atoms with E-state index in [1.165, 1.54) is 29.1 Å². The number of thioether (sulfide) groups is 1. The standard InChI is InChI=1S/C29H26N3O7S2/c1-5-38-28(34)25-16(2)30-29-31(26(25)17-6-10-20(40-4)11-7-17)27(33)24(41-29)15-19-9-13-23(39-19)21-12-8-18(37-3)14-22(21)32(35)36/h6-15,26H,5H2,1-4H3,(H,35,36)/q+1/b24-15-. The van der Waals surface area contributed by atoms with Gasteiger partial charge in [-0.2, -0.15) is 0 Å². The highest BCUT2D eigenvalue weighted by molar-refractivity contribution is 7.98. The van der Waals surface area contributed by atoms with Crippen molar-refractivity contribution in [3.05, 3.63) is 102 Å². The highest BCUT2D eigenvalue weighted by atomic mass is 32.2. The average molecular weight is 593 g/mol. The molecule has 41 heavy (non-hydrogen) atoms. The number of nitrogens with zero attached hydrogens (tertiary/aromatic N) is 3. The molecule has 210 valence electrons. The molecule has 0 saturated heterocycles. The fraction of sp³-hybridized carbons (Fsp3) is 0.207. The van der Waals surface area contributed by atoms with Crippen LogP contribution < -0.4 is 19.6 Å². The third-order valence-electron chi connectivity index (χ3n) is 6.53. The lowest BCUT2D eigenvalue weighted by atomic mass is 9.96. The van der Waals surface area contributed by atoms with Crippen LogP contribution in [0.4, 0.5) is 5.69 Å². The minimum atomic E-state index is -0.718. The zero-order valence-corrected chi connectivity index (χ0v) is 24.2. The van der Waals surface area contributed by atoms with E-state index in [1.807, 2.05) is 30.5 Å². The van der Waals surface area contributed by atoms with Crippen LogP contribution in [-0.2, 0) is 9.53 Å². The van der Waals surface area contributed by atoms with E-state index >= 15 is 0 Å². The third-order valence-corrected chi connectivity index (χ3v) is 8.25. The number of aromatic nitrogens is 1. The predicted molar refractivity (Wildman–Crippen MR) is 154 cm³/mol. The van der Waals surface area contributed by atoms with Crippen molar-refractivity contribution in [3.8, 4) is 17.1 Å². The molecule has 0 fully saturated rings. The third kappa shape index (κ3) is 5.35. The Labute approximate surface area is 242 Å². The maximum absolute atomic E-state index is 13.8. The number of hydrogen-bond acceptors (Lipinski definition) is 9. The highest BCUT2D eigenvalue weighted by Crippen LogP contribution is 2.34. The molecule has 12 heteroatoms. The number of carbonyl (C=O) groups excluding carboxylic acids is 1. The quantitative estimate of drug-likeness (QED) is 0.179. The van der Waals surface area contributed by atoms with Crippen LogP contribution in [-0.4, -0.2) is 40.6 Å². The van der Waals surface area contributed by atoms with Crippen LogP contribution in [0.25, 0.3) is 17.4 Å². The van der Waals surface area contributed by atoms with Crippen molar-refractivity contribution in [3.63, 3.8) is 0 Å². The van der Waals surface area contributed by atoms with Crippen molar-refractivity contribution in [2.75, 3.05) is 20.0 Å². The zero-order chi connectivity index (χ0) is 29.3. The summed E-state index contributed by atoms with van der Waals surface area (Å²) in [6, 6.07) is 14.9. The summed E-state index contributed by atoms with van der Waals surface area (Å²) < 4.78 is 18.3. The van der Waals surface area contributed by atoms with Gasteiger partial charge in [-0.15, -0.1) is 11.8 Å². The molecule has 1 aliphatic rings. The second kappa shape index (κ2) is 11.6. The number of esters is 1. The number of carbonyl (C=O) groups is 1. The SMILES string of the molecule is CCOC(=O)C1=C(C)N=c2s/c(=C\c3ccc(-c4ccc(OC)cc4[N+](=O)O)o3)c(=O)n2C1c1ccc(SC)cc1. The Kier molecular flexibility index (Phi) is 7.95. The molecule has 0 radical (unpaired) electrons.